The molecular weight excluding hydrogens is 227 g/mol. The third-order valence-corrected chi connectivity index (χ3v) is 2.42. The van der Waals surface area contributed by atoms with Crippen LogP contribution in [0.1, 0.15) is 46.6 Å². The molecule has 2 nitrogen and oxygen atoms in total. The highest BCUT2D eigenvalue weighted by atomic mass is 19.1. The van der Waals surface area contributed by atoms with Gasteiger partial charge >= 0.3 is 0 Å². The van der Waals surface area contributed by atoms with Crippen molar-refractivity contribution in [1.29, 1.82) is 0 Å². The van der Waals surface area contributed by atoms with Crippen molar-refractivity contribution in [3.8, 4) is 5.69 Å². The molecule has 0 amide bonds. The summed E-state index contributed by atoms with van der Waals surface area (Å²) in [5, 5.41) is 0. The Bertz CT molecular complexity index is 448. The zero-order chi connectivity index (χ0) is 12.8. The van der Waals surface area contributed by atoms with Gasteiger partial charge < -0.3 is 4.57 Å². The molecule has 0 aliphatic carbocycles. The predicted octanol–water partition coefficient (Wildman–Crippen LogP) is 4.80. The minimum atomic E-state index is -0.209. The first-order chi connectivity index (χ1) is 8.18. The van der Waals surface area contributed by atoms with Crippen LogP contribution in [0.25, 0.3) is 5.69 Å². The summed E-state index contributed by atoms with van der Waals surface area (Å²) in [6.45, 7) is 8.09. The number of benzene rings is 1. The second-order valence-corrected chi connectivity index (χ2v) is 3.84. The van der Waals surface area contributed by atoms with E-state index in [-0.39, 0.29) is 13.2 Å². The molecule has 0 saturated heterocycles. The van der Waals surface area contributed by atoms with E-state index >= 15 is 0 Å². The first-order valence-electron chi connectivity index (χ1n) is 5.96. The molecule has 1 aromatic heterocycles. The van der Waals surface area contributed by atoms with Crippen molar-refractivity contribution in [1.82, 2.24) is 9.55 Å². The molecular formula is C15H23FN2. The molecule has 0 atom stereocenters. The van der Waals surface area contributed by atoms with E-state index in [9.17, 15) is 4.39 Å². The molecule has 2 aromatic rings. The van der Waals surface area contributed by atoms with Gasteiger partial charge in [0.15, 0.2) is 0 Å². The molecule has 100 valence electrons. The topological polar surface area (TPSA) is 17.8 Å². The lowest BCUT2D eigenvalue weighted by atomic mass is 10.0. The summed E-state index contributed by atoms with van der Waals surface area (Å²) in [5.41, 5.74) is 1.55. The predicted molar refractivity (Wildman–Crippen MR) is 75.7 cm³/mol. The van der Waals surface area contributed by atoms with E-state index in [0.29, 0.717) is 11.6 Å². The van der Waals surface area contributed by atoms with Crippen molar-refractivity contribution >= 4 is 0 Å². The Kier molecular flexibility index (Phi) is 6.94. The maximum atomic E-state index is 13.7. The lowest BCUT2D eigenvalue weighted by molar-refractivity contribution is 0.613. The molecule has 0 unspecified atom stereocenters. The molecule has 0 saturated carbocycles. The lowest BCUT2D eigenvalue weighted by Gasteiger charge is -2.08. The van der Waals surface area contributed by atoms with Crippen molar-refractivity contribution in [2.75, 3.05) is 0 Å². The normalized spacial score (nSPS) is 9.44. The molecule has 0 radical (unpaired) electrons. The fraction of sp³-hybridized carbons (Fsp3) is 0.400. The molecule has 0 aliphatic heterocycles. The van der Waals surface area contributed by atoms with E-state index in [1.165, 1.54) is 0 Å². The van der Waals surface area contributed by atoms with Gasteiger partial charge in [0.25, 0.3) is 0 Å². The zero-order valence-electron chi connectivity index (χ0n) is 10.8. The Morgan fingerprint density at radius 2 is 1.89 bits per heavy atom. The quantitative estimate of drug-likeness (QED) is 0.748. The smallest absolute Gasteiger partial charge is 0.147 e. The number of aromatic nitrogens is 2. The SMILES string of the molecule is C.CC.CC(C)c1ccc(-n2ccnc2)c(F)c1. The molecule has 3 heteroatoms. The van der Waals surface area contributed by atoms with Crippen LogP contribution in [0.15, 0.2) is 36.9 Å². The molecule has 0 N–H and O–H groups in total. The highest BCUT2D eigenvalue weighted by Gasteiger charge is 2.06. The number of rotatable bonds is 2. The first-order valence-corrected chi connectivity index (χ1v) is 5.96. The second-order valence-electron chi connectivity index (χ2n) is 3.84. The second kappa shape index (κ2) is 7.64. The van der Waals surface area contributed by atoms with Gasteiger partial charge in [-0.15, -0.1) is 0 Å². The Morgan fingerprint density at radius 3 is 2.33 bits per heavy atom. The number of hydrogen-bond donors (Lipinski definition) is 0. The Hall–Kier alpha value is -1.64. The van der Waals surface area contributed by atoms with Gasteiger partial charge in [-0.3, -0.25) is 0 Å². The van der Waals surface area contributed by atoms with Crippen LogP contribution in [-0.4, -0.2) is 9.55 Å². The number of halogens is 1. The van der Waals surface area contributed by atoms with Gasteiger partial charge in [0.1, 0.15) is 5.82 Å². The number of hydrogen-bond acceptors (Lipinski definition) is 1. The maximum Gasteiger partial charge on any atom is 0.147 e. The van der Waals surface area contributed by atoms with Crippen LogP contribution >= 0.6 is 0 Å². The van der Waals surface area contributed by atoms with E-state index in [2.05, 4.69) is 4.98 Å². The van der Waals surface area contributed by atoms with Crippen LogP contribution < -0.4 is 0 Å². The van der Waals surface area contributed by atoms with Crippen LogP contribution in [0.5, 0.6) is 0 Å². The molecule has 1 heterocycles. The Balaban J connectivity index is 0.000000917. The van der Waals surface area contributed by atoms with Crippen LogP contribution in [0.2, 0.25) is 0 Å². The van der Waals surface area contributed by atoms with E-state index in [0.717, 1.165) is 5.56 Å². The van der Waals surface area contributed by atoms with Crippen molar-refractivity contribution in [2.45, 2.75) is 41.0 Å². The van der Waals surface area contributed by atoms with Crippen molar-refractivity contribution < 1.29 is 4.39 Å². The molecule has 0 bridgehead atoms. The zero-order valence-corrected chi connectivity index (χ0v) is 10.8. The van der Waals surface area contributed by atoms with Gasteiger partial charge in [-0.2, -0.15) is 0 Å². The highest BCUT2D eigenvalue weighted by molar-refractivity contribution is 5.37. The fourth-order valence-electron chi connectivity index (χ4n) is 1.49. The Morgan fingerprint density at radius 1 is 1.22 bits per heavy atom. The Labute approximate surface area is 109 Å². The average Bonchev–Trinajstić information content (AvgIpc) is 2.85. The van der Waals surface area contributed by atoms with Crippen molar-refractivity contribution in [2.24, 2.45) is 0 Å². The highest BCUT2D eigenvalue weighted by Crippen LogP contribution is 2.20. The lowest BCUT2D eigenvalue weighted by Crippen LogP contribution is -1.97. The summed E-state index contributed by atoms with van der Waals surface area (Å²) in [6, 6.07) is 5.31. The largest absolute Gasteiger partial charge is 0.303 e. The summed E-state index contributed by atoms with van der Waals surface area (Å²) in [5.74, 6) is 0.135. The minimum absolute atomic E-state index is 0. The van der Waals surface area contributed by atoms with Crippen LogP contribution in [0.3, 0.4) is 0 Å². The maximum absolute atomic E-state index is 13.7. The molecule has 1 aromatic carbocycles. The van der Waals surface area contributed by atoms with Gasteiger partial charge in [0, 0.05) is 12.4 Å². The van der Waals surface area contributed by atoms with E-state index < -0.39 is 0 Å². The summed E-state index contributed by atoms with van der Waals surface area (Å²) >= 11 is 0. The van der Waals surface area contributed by atoms with E-state index in [4.69, 9.17) is 0 Å². The van der Waals surface area contributed by atoms with Gasteiger partial charge in [-0.1, -0.05) is 41.2 Å². The third-order valence-electron chi connectivity index (χ3n) is 2.42. The first kappa shape index (κ1) is 16.4. The fourth-order valence-corrected chi connectivity index (χ4v) is 1.49. The van der Waals surface area contributed by atoms with Crippen molar-refractivity contribution in [3.05, 3.63) is 48.3 Å². The third kappa shape index (κ3) is 3.69. The van der Waals surface area contributed by atoms with E-state index in [1.807, 2.05) is 33.8 Å². The molecule has 0 aliphatic rings. The van der Waals surface area contributed by atoms with E-state index in [1.54, 1.807) is 35.4 Å². The average molecular weight is 250 g/mol. The number of imidazole rings is 1. The molecule has 0 fully saturated rings. The summed E-state index contributed by atoms with van der Waals surface area (Å²) < 4.78 is 15.4. The van der Waals surface area contributed by atoms with Gasteiger partial charge in [0.2, 0.25) is 0 Å². The monoisotopic (exact) mass is 250 g/mol. The number of nitrogens with zero attached hydrogens (tertiary/aromatic N) is 2. The molecule has 18 heavy (non-hydrogen) atoms. The summed E-state index contributed by atoms with van der Waals surface area (Å²) in [7, 11) is 0. The molecule has 0 spiro atoms. The van der Waals surface area contributed by atoms with Gasteiger partial charge in [-0.05, 0) is 23.6 Å². The van der Waals surface area contributed by atoms with Crippen LogP contribution in [0.4, 0.5) is 4.39 Å². The minimum Gasteiger partial charge on any atom is -0.303 e. The van der Waals surface area contributed by atoms with Gasteiger partial charge in [-0.25, -0.2) is 9.37 Å². The van der Waals surface area contributed by atoms with Crippen molar-refractivity contribution in [3.63, 3.8) is 0 Å². The van der Waals surface area contributed by atoms with Crippen LogP contribution in [-0.2, 0) is 0 Å². The standard InChI is InChI=1S/C12H13FN2.C2H6.CH4/c1-9(2)10-3-4-12(11(13)7-10)15-6-5-14-8-15;1-2;/h3-9H,1-2H3;1-2H3;1H4. The summed E-state index contributed by atoms with van der Waals surface area (Å²) in [4.78, 5) is 3.89. The van der Waals surface area contributed by atoms with Crippen LogP contribution in [0, 0.1) is 5.82 Å². The summed E-state index contributed by atoms with van der Waals surface area (Å²) in [6.07, 6.45) is 4.96. The van der Waals surface area contributed by atoms with Gasteiger partial charge in [0.05, 0.1) is 12.0 Å². The molecule has 2 rings (SSSR count).